The van der Waals surface area contributed by atoms with Gasteiger partial charge < -0.3 is 4.74 Å². The van der Waals surface area contributed by atoms with Crippen molar-refractivity contribution in [3.63, 3.8) is 0 Å². The molecule has 0 atom stereocenters. The van der Waals surface area contributed by atoms with Crippen LogP contribution in [-0.2, 0) is 9.53 Å². The predicted octanol–water partition coefficient (Wildman–Crippen LogP) is 6.81. The van der Waals surface area contributed by atoms with E-state index in [1.807, 2.05) is 0 Å². The number of rotatable bonds is 17. The first-order valence-corrected chi connectivity index (χ1v) is 9.96. The molecular formula is C20H40O2. The summed E-state index contributed by atoms with van der Waals surface area (Å²) < 4.78 is 5.21. The molecule has 0 fully saturated rings. The molecule has 0 aliphatic rings. The molecule has 0 aromatic rings. The third kappa shape index (κ3) is 17.5. The lowest BCUT2D eigenvalue weighted by Crippen LogP contribution is -2.05. The zero-order valence-electron chi connectivity index (χ0n) is 15.3. The van der Waals surface area contributed by atoms with Crippen molar-refractivity contribution < 1.29 is 9.53 Å². The van der Waals surface area contributed by atoms with E-state index in [1.54, 1.807) is 0 Å². The van der Waals surface area contributed by atoms with E-state index >= 15 is 0 Å². The molecule has 0 saturated carbocycles. The van der Waals surface area contributed by atoms with Crippen LogP contribution in [0.1, 0.15) is 117 Å². The molecule has 0 aliphatic carbocycles. The Morgan fingerprint density at radius 2 is 1.00 bits per heavy atom. The van der Waals surface area contributed by atoms with E-state index in [0.717, 1.165) is 19.3 Å². The molecule has 0 heterocycles. The number of hydrogen-bond acceptors (Lipinski definition) is 2. The van der Waals surface area contributed by atoms with E-state index in [4.69, 9.17) is 4.74 Å². The van der Waals surface area contributed by atoms with Crippen molar-refractivity contribution in [1.82, 2.24) is 0 Å². The quantitative estimate of drug-likeness (QED) is 0.218. The molecule has 2 nitrogen and oxygen atoms in total. The molecule has 0 aromatic heterocycles. The molecule has 0 amide bonds. The average molecular weight is 313 g/mol. The van der Waals surface area contributed by atoms with Gasteiger partial charge in [0.1, 0.15) is 0 Å². The molecule has 0 bridgehead atoms. The summed E-state index contributed by atoms with van der Waals surface area (Å²) in [5.41, 5.74) is 0. The minimum absolute atomic E-state index is 0.0132. The fraction of sp³-hybridized carbons (Fsp3) is 0.950. The first-order valence-electron chi connectivity index (χ1n) is 9.96. The molecule has 2 heteroatoms. The van der Waals surface area contributed by atoms with E-state index in [2.05, 4.69) is 13.8 Å². The van der Waals surface area contributed by atoms with Crippen molar-refractivity contribution in [1.29, 1.82) is 0 Å². The summed E-state index contributed by atoms with van der Waals surface area (Å²) in [6.45, 7) is 5.00. The van der Waals surface area contributed by atoms with E-state index < -0.39 is 0 Å². The van der Waals surface area contributed by atoms with Gasteiger partial charge in [0.05, 0.1) is 6.61 Å². The number of hydrogen-bond donors (Lipinski definition) is 0. The van der Waals surface area contributed by atoms with Crippen molar-refractivity contribution in [2.45, 2.75) is 117 Å². The van der Waals surface area contributed by atoms with Crippen LogP contribution in [0.3, 0.4) is 0 Å². The maximum Gasteiger partial charge on any atom is 0.305 e. The molecule has 22 heavy (non-hydrogen) atoms. The molecule has 0 rings (SSSR count). The highest BCUT2D eigenvalue weighted by molar-refractivity contribution is 5.69. The highest BCUT2D eigenvalue weighted by Gasteiger charge is 2.00. The fourth-order valence-electron chi connectivity index (χ4n) is 2.70. The van der Waals surface area contributed by atoms with E-state index in [1.165, 1.54) is 77.0 Å². The van der Waals surface area contributed by atoms with Crippen LogP contribution >= 0.6 is 0 Å². The summed E-state index contributed by atoms with van der Waals surface area (Å²) in [4.78, 5) is 11.3. The Hall–Kier alpha value is -0.530. The van der Waals surface area contributed by atoms with Gasteiger partial charge in [-0.25, -0.2) is 0 Å². The highest BCUT2D eigenvalue weighted by atomic mass is 16.5. The molecule has 0 N–H and O–H groups in total. The first kappa shape index (κ1) is 21.5. The highest BCUT2D eigenvalue weighted by Crippen LogP contribution is 2.12. The van der Waals surface area contributed by atoms with Crippen molar-refractivity contribution in [2.75, 3.05) is 6.61 Å². The van der Waals surface area contributed by atoms with Crippen LogP contribution in [0, 0.1) is 0 Å². The van der Waals surface area contributed by atoms with Crippen molar-refractivity contribution in [3.05, 3.63) is 0 Å². The van der Waals surface area contributed by atoms with Crippen LogP contribution in [0.2, 0.25) is 0 Å². The standard InChI is InChI=1S/C20H40O2/c1-3-5-7-8-9-10-11-12-13-14-15-16-17-19-22-20(21)18-6-4-2/h3-19H2,1-2H3. The Labute approximate surface area is 139 Å². The predicted molar refractivity (Wildman–Crippen MR) is 96.2 cm³/mol. The summed E-state index contributed by atoms with van der Waals surface area (Å²) in [6, 6.07) is 0. The largest absolute Gasteiger partial charge is 0.466 e. The van der Waals surface area contributed by atoms with E-state index in [-0.39, 0.29) is 5.97 Å². The first-order chi connectivity index (χ1) is 10.8. The van der Waals surface area contributed by atoms with Gasteiger partial charge in [-0.05, 0) is 12.8 Å². The van der Waals surface area contributed by atoms with E-state index in [0.29, 0.717) is 13.0 Å². The minimum atomic E-state index is -0.0132. The van der Waals surface area contributed by atoms with Crippen molar-refractivity contribution >= 4 is 5.97 Å². The molecule has 0 aliphatic heterocycles. The third-order valence-electron chi connectivity index (χ3n) is 4.25. The van der Waals surface area contributed by atoms with Gasteiger partial charge in [-0.3, -0.25) is 4.79 Å². The summed E-state index contributed by atoms with van der Waals surface area (Å²) in [6.07, 6.45) is 20.2. The second-order valence-corrected chi connectivity index (χ2v) is 6.57. The number of carbonyl (C=O) groups is 1. The monoisotopic (exact) mass is 312 g/mol. The van der Waals surface area contributed by atoms with Gasteiger partial charge >= 0.3 is 5.97 Å². The summed E-state index contributed by atoms with van der Waals surface area (Å²) >= 11 is 0. The Morgan fingerprint density at radius 3 is 1.45 bits per heavy atom. The van der Waals surface area contributed by atoms with Crippen LogP contribution in [-0.4, -0.2) is 12.6 Å². The van der Waals surface area contributed by atoms with Crippen LogP contribution in [0.4, 0.5) is 0 Å². The molecule has 132 valence electrons. The van der Waals surface area contributed by atoms with Crippen LogP contribution in [0.5, 0.6) is 0 Å². The summed E-state index contributed by atoms with van der Waals surface area (Å²) in [5.74, 6) is -0.0132. The number of ether oxygens (including phenoxy) is 1. The van der Waals surface area contributed by atoms with Crippen molar-refractivity contribution in [3.8, 4) is 0 Å². The van der Waals surface area contributed by atoms with Crippen molar-refractivity contribution in [2.24, 2.45) is 0 Å². The minimum Gasteiger partial charge on any atom is -0.466 e. The second kappa shape index (κ2) is 18.5. The lowest BCUT2D eigenvalue weighted by molar-refractivity contribution is -0.143. The lowest BCUT2D eigenvalue weighted by Gasteiger charge is -2.05. The lowest BCUT2D eigenvalue weighted by atomic mass is 10.0. The molecule has 0 radical (unpaired) electrons. The Bertz CT molecular complexity index is 226. The SMILES string of the molecule is CCCCCCCCCCCCCCCOC(=O)CCCC. The topological polar surface area (TPSA) is 26.3 Å². The Morgan fingerprint density at radius 1 is 0.591 bits per heavy atom. The molecule has 0 spiro atoms. The summed E-state index contributed by atoms with van der Waals surface area (Å²) in [5, 5.41) is 0. The Balaban J connectivity index is 3.04. The van der Waals surface area contributed by atoms with Gasteiger partial charge in [0.15, 0.2) is 0 Å². The normalized spacial score (nSPS) is 10.8. The van der Waals surface area contributed by atoms with E-state index in [9.17, 15) is 4.79 Å². The van der Waals surface area contributed by atoms with Crippen LogP contribution in [0.15, 0.2) is 0 Å². The van der Waals surface area contributed by atoms with Crippen LogP contribution in [0.25, 0.3) is 0 Å². The Kier molecular flexibility index (Phi) is 18.1. The molecule has 0 aromatic carbocycles. The molecule has 0 unspecified atom stereocenters. The van der Waals surface area contributed by atoms with Gasteiger partial charge in [-0.2, -0.15) is 0 Å². The van der Waals surface area contributed by atoms with Gasteiger partial charge in [0, 0.05) is 6.42 Å². The number of esters is 1. The fourth-order valence-corrected chi connectivity index (χ4v) is 2.70. The third-order valence-corrected chi connectivity index (χ3v) is 4.25. The van der Waals surface area contributed by atoms with Gasteiger partial charge in [0.2, 0.25) is 0 Å². The van der Waals surface area contributed by atoms with Crippen LogP contribution < -0.4 is 0 Å². The number of carbonyl (C=O) groups excluding carboxylic acids is 1. The second-order valence-electron chi connectivity index (χ2n) is 6.57. The smallest absolute Gasteiger partial charge is 0.305 e. The molecular weight excluding hydrogens is 272 g/mol. The molecule has 0 saturated heterocycles. The zero-order valence-corrected chi connectivity index (χ0v) is 15.3. The van der Waals surface area contributed by atoms with Gasteiger partial charge in [-0.15, -0.1) is 0 Å². The maximum absolute atomic E-state index is 11.3. The number of unbranched alkanes of at least 4 members (excludes halogenated alkanes) is 13. The average Bonchev–Trinajstić information content (AvgIpc) is 2.53. The summed E-state index contributed by atoms with van der Waals surface area (Å²) in [7, 11) is 0. The van der Waals surface area contributed by atoms with Gasteiger partial charge in [-0.1, -0.05) is 97.3 Å². The maximum atomic E-state index is 11.3. The van der Waals surface area contributed by atoms with Gasteiger partial charge in [0.25, 0.3) is 0 Å². The zero-order chi connectivity index (χ0) is 16.3.